The molecule has 4 nitrogen and oxygen atoms in total. The molecule has 5 heteroatoms. The molecule has 0 spiro atoms. The SMILES string of the molecule is CCCCNC(=O)c1ccc(C[S@](=O)Cc2ccc(C)cc2)o1. The van der Waals surface area contributed by atoms with Crippen LogP contribution in [-0.4, -0.2) is 16.7 Å². The van der Waals surface area contributed by atoms with Gasteiger partial charge < -0.3 is 9.73 Å². The third-order valence-corrected chi connectivity index (χ3v) is 4.71. The van der Waals surface area contributed by atoms with Gasteiger partial charge in [0.15, 0.2) is 5.76 Å². The van der Waals surface area contributed by atoms with Gasteiger partial charge in [0.1, 0.15) is 5.76 Å². The first-order valence-electron chi connectivity index (χ1n) is 7.86. The number of hydrogen-bond donors (Lipinski definition) is 1. The standard InChI is InChI=1S/C18H23NO3S/c1-3-4-11-19-18(20)17-10-9-16(22-17)13-23(21)12-15-7-5-14(2)6-8-15/h5-10H,3-4,11-13H2,1-2H3,(H,19,20)/t23-/m1/s1. The first-order valence-corrected chi connectivity index (χ1v) is 9.34. The zero-order valence-electron chi connectivity index (χ0n) is 13.6. The second-order valence-electron chi connectivity index (χ2n) is 5.59. The maximum atomic E-state index is 12.2. The van der Waals surface area contributed by atoms with Crippen molar-refractivity contribution in [1.29, 1.82) is 0 Å². The summed E-state index contributed by atoms with van der Waals surface area (Å²) in [5.41, 5.74) is 2.22. The van der Waals surface area contributed by atoms with Gasteiger partial charge in [-0.05, 0) is 31.0 Å². The van der Waals surface area contributed by atoms with Crippen LogP contribution in [0.3, 0.4) is 0 Å². The number of hydrogen-bond acceptors (Lipinski definition) is 3. The Balaban J connectivity index is 1.87. The summed E-state index contributed by atoms with van der Waals surface area (Å²) in [6.07, 6.45) is 1.97. The lowest BCUT2D eigenvalue weighted by Gasteiger charge is -2.02. The molecule has 1 N–H and O–H groups in total. The predicted octanol–water partition coefficient (Wildman–Crippen LogP) is 3.57. The third-order valence-electron chi connectivity index (χ3n) is 3.45. The molecular formula is C18H23NO3S. The van der Waals surface area contributed by atoms with E-state index in [1.54, 1.807) is 12.1 Å². The molecular weight excluding hydrogens is 310 g/mol. The average molecular weight is 333 g/mol. The normalized spacial score (nSPS) is 12.1. The number of benzene rings is 1. The molecule has 1 heterocycles. The van der Waals surface area contributed by atoms with Crippen molar-refractivity contribution in [3.8, 4) is 0 Å². The summed E-state index contributed by atoms with van der Waals surface area (Å²) in [4.78, 5) is 11.9. The van der Waals surface area contributed by atoms with Gasteiger partial charge in [-0.3, -0.25) is 9.00 Å². The zero-order chi connectivity index (χ0) is 16.7. The molecule has 1 atom stereocenters. The second-order valence-corrected chi connectivity index (χ2v) is 7.05. The zero-order valence-corrected chi connectivity index (χ0v) is 14.4. The van der Waals surface area contributed by atoms with E-state index < -0.39 is 10.8 Å². The van der Waals surface area contributed by atoms with Crippen LogP contribution in [0.2, 0.25) is 0 Å². The molecule has 1 aromatic heterocycles. The van der Waals surface area contributed by atoms with Crippen molar-refractivity contribution in [2.24, 2.45) is 0 Å². The van der Waals surface area contributed by atoms with Crippen molar-refractivity contribution in [3.05, 3.63) is 59.0 Å². The summed E-state index contributed by atoms with van der Waals surface area (Å²) in [6, 6.07) is 11.4. The number of aryl methyl sites for hydroxylation is 1. The van der Waals surface area contributed by atoms with Crippen molar-refractivity contribution in [2.45, 2.75) is 38.2 Å². The Morgan fingerprint density at radius 2 is 1.87 bits per heavy atom. The summed E-state index contributed by atoms with van der Waals surface area (Å²) in [6.45, 7) is 4.74. The summed E-state index contributed by atoms with van der Waals surface area (Å²) in [5.74, 6) is 1.45. The lowest BCUT2D eigenvalue weighted by Crippen LogP contribution is -2.23. The summed E-state index contributed by atoms with van der Waals surface area (Å²) < 4.78 is 17.7. The first-order chi connectivity index (χ1) is 11.1. The largest absolute Gasteiger partial charge is 0.455 e. The average Bonchev–Trinajstić information content (AvgIpc) is 2.98. The number of carbonyl (C=O) groups excluding carboxylic acids is 1. The van der Waals surface area contributed by atoms with E-state index >= 15 is 0 Å². The van der Waals surface area contributed by atoms with Gasteiger partial charge in [-0.1, -0.05) is 43.2 Å². The highest BCUT2D eigenvalue weighted by Crippen LogP contribution is 2.13. The van der Waals surface area contributed by atoms with E-state index in [-0.39, 0.29) is 11.7 Å². The summed E-state index contributed by atoms with van der Waals surface area (Å²) in [7, 11) is -1.06. The minimum atomic E-state index is -1.06. The van der Waals surface area contributed by atoms with E-state index in [0.29, 0.717) is 23.8 Å². The summed E-state index contributed by atoms with van der Waals surface area (Å²) in [5, 5.41) is 2.80. The molecule has 0 unspecified atom stereocenters. The fourth-order valence-corrected chi connectivity index (χ4v) is 3.26. The second kappa shape index (κ2) is 8.67. The highest BCUT2D eigenvalue weighted by Gasteiger charge is 2.12. The smallest absolute Gasteiger partial charge is 0.286 e. The maximum absolute atomic E-state index is 12.2. The molecule has 0 aliphatic carbocycles. The molecule has 1 aromatic carbocycles. The van der Waals surface area contributed by atoms with Crippen molar-refractivity contribution in [1.82, 2.24) is 5.32 Å². The molecule has 0 aliphatic heterocycles. The van der Waals surface area contributed by atoms with Gasteiger partial charge >= 0.3 is 0 Å². The van der Waals surface area contributed by atoms with Crippen LogP contribution in [0.25, 0.3) is 0 Å². The van der Waals surface area contributed by atoms with Crippen molar-refractivity contribution in [2.75, 3.05) is 6.54 Å². The number of carbonyl (C=O) groups is 1. The highest BCUT2D eigenvalue weighted by molar-refractivity contribution is 7.83. The topological polar surface area (TPSA) is 59.3 Å². The number of nitrogens with one attached hydrogen (secondary N) is 1. The van der Waals surface area contributed by atoms with Crippen molar-refractivity contribution < 1.29 is 13.4 Å². The van der Waals surface area contributed by atoms with Crippen LogP contribution < -0.4 is 5.32 Å². The minimum absolute atomic E-state index is 0.214. The van der Waals surface area contributed by atoms with Gasteiger partial charge in [0, 0.05) is 23.1 Å². The van der Waals surface area contributed by atoms with Crippen molar-refractivity contribution in [3.63, 3.8) is 0 Å². The molecule has 23 heavy (non-hydrogen) atoms. The Morgan fingerprint density at radius 1 is 1.13 bits per heavy atom. The van der Waals surface area contributed by atoms with Gasteiger partial charge in [-0.15, -0.1) is 0 Å². The van der Waals surface area contributed by atoms with Crippen LogP contribution in [0, 0.1) is 6.92 Å². The van der Waals surface area contributed by atoms with E-state index in [0.717, 1.165) is 18.4 Å². The van der Waals surface area contributed by atoms with E-state index in [1.165, 1.54) is 5.56 Å². The Labute approximate surface area is 139 Å². The van der Waals surface area contributed by atoms with Gasteiger partial charge in [0.25, 0.3) is 5.91 Å². The van der Waals surface area contributed by atoms with Crippen LogP contribution >= 0.6 is 0 Å². The Morgan fingerprint density at radius 3 is 2.57 bits per heavy atom. The highest BCUT2D eigenvalue weighted by atomic mass is 32.2. The van der Waals surface area contributed by atoms with Gasteiger partial charge in [-0.25, -0.2) is 0 Å². The molecule has 2 rings (SSSR count). The third kappa shape index (κ3) is 5.67. The molecule has 124 valence electrons. The lowest BCUT2D eigenvalue weighted by atomic mass is 10.2. The minimum Gasteiger partial charge on any atom is -0.455 e. The molecule has 0 saturated heterocycles. The van der Waals surface area contributed by atoms with Gasteiger partial charge in [0.05, 0.1) is 5.75 Å². The molecule has 0 aliphatic rings. The predicted molar refractivity (Wildman–Crippen MR) is 92.7 cm³/mol. The van der Waals surface area contributed by atoms with E-state index in [9.17, 15) is 9.00 Å². The van der Waals surface area contributed by atoms with E-state index in [4.69, 9.17) is 4.42 Å². The fraction of sp³-hybridized carbons (Fsp3) is 0.389. The molecule has 0 radical (unpaired) electrons. The molecule has 0 fully saturated rings. The Kier molecular flexibility index (Phi) is 6.59. The van der Waals surface area contributed by atoms with Gasteiger partial charge in [0.2, 0.25) is 0 Å². The lowest BCUT2D eigenvalue weighted by molar-refractivity contribution is 0.0924. The Bertz CT molecular complexity index is 661. The molecule has 0 saturated carbocycles. The fourth-order valence-electron chi connectivity index (χ4n) is 2.12. The van der Waals surface area contributed by atoms with Crippen LogP contribution in [0.15, 0.2) is 40.8 Å². The van der Waals surface area contributed by atoms with Crippen LogP contribution in [0.4, 0.5) is 0 Å². The maximum Gasteiger partial charge on any atom is 0.286 e. The molecule has 0 bridgehead atoms. The quantitative estimate of drug-likeness (QED) is 0.751. The van der Waals surface area contributed by atoms with E-state index in [1.807, 2.05) is 31.2 Å². The van der Waals surface area contributed by atoms with Gasteiger partial charge in [-0.2, -0.15) is 0 Å². The molecule has 1 amide bonds. The first kappa shape index (κ1) is 17.5. The van der Waals surface area contributed by atoms with Crippen molar-refractivity contribution >= 4 is 16.7 Å². The number of rotatable bonds is 8. The number of furan rings is 1. The molecule has 2 aromatic rings. The number of amides is 1. The van der Waals surface area contributed by atoms with Crippen LogP contribution in [0.5, 0.6) is 0 Å². The monoisotopic (exact) mass is 333 g/mol. The van der Waals surface area contributed by atoms with E-state index in [2.05, 4.69) is 12.2 Å². The van der Waals surface area contributed by atoms with Crippen LogP contribution in [-0.2, 0) is 22.3 Å². The van der Waals surface area contributed by atoms with Crippen LogP contribution in [0.1, 0.15) is 47.2 Å². The summed E-state index contributed by atoms with van der Waals surface area (Å²) >= 11 is 0. The Hall–Kier alpha value is -1.88. The number of unbranched alkanes of at least 4 members (excludes halogenated alkanes) is 1.